The monoisotopic (exact) mass is 1220 g/mol. The Hall–Kier alpha value is -8.39. The maximum absolute atomic E-state index is 14.2. The molecular formula is C54H77N11O19S. The van der Waals surface area contributed by atoms with Crippen LogP contribution in [0.25, 0.3) is 10.9 Å². The van der Waals surface area contributed by atoms with Crippen LogP contribution in [-0.4, -0.2) is 197 Å². The van der Waals surface area contributed by atoms with Gasteiger partial charge in [0.25, 0.3) is 0 Å². The molecule has 85 heavy (non-hydrogen) atoms. The average molecular weight is 1220 g/mol. The van der Waals surface area contributed by atoms with Crippen molar-refractivity contribution in [3.63, 3.8) is 0 Å². The van der Waals surface area contributed by atoms with E-state index < -0.39 is 181 Å². The summed E-state index contributed by atoms with van der Waals surface area (Å²) >= 11 is 3.98. The normalized spacial score (nSPS) is 15.5. The minimum absolute atomic E-state index is 0.0860. The SMILES string of the molecule is CC(C)C[C@H](NC(=O)[C@H](CC(=O)O)NC(=O)[C@@H](NC(=O)[C@H](Cc1c[nH]c2ccccc12)NC(=O)[C@@H](NC(=O)[C@@H](N)CS)[C@@H](C)O)[C@@H](C)O)C(=O)N[C@@H](CCC(=O)O)C(=O)N[C@@H](CO)C(=O)N[C@H](C(=O)N[C@@H](Cc1ccc(O)cc1)C(=O)O)C(C)C. The number of carboxylic acids is 3. The van der Waals surface area contributed by atoms with Crippen molar-refractivity contribution in [2.45, 2.75) is 153 Å². The largest absolute Gasteiger partial charge is 0.508 e. The summed E-state index contributed by atoms with van der Waals surface area (Å²) in [6, 6.07) is -4.50. The van der Waals surface area contributed by atoms with E-state index in [4.69, 9.17) is 5.73 Å². The highest BCUT2D eigenvalue weighted by Gasteiger charge is 2.38. The van der Waals surface area contributed by atoms with Crippen LogP contribution in [0.4, 0.5) is 0 Å². The van der Waals surface area contributed by atoms with Crippen molar-refractivity contribution in [3.8, 4) is 5.75 Å². The number of aromatic nitrogens is 1. The van der Waals surface area contributed by atoms with Gasteiger partial charge in [0.1, 0.15) is 60.1 Å². The molecule has 9 amide bonds. The second-order valence-electron chi connectivity index (χ2n) is 21.0. The lowest BCUT2D eigenvalue weighted by Gasteiger charge is -2.29. The van der Waals surface area contributed by atoms with Crippen molar-refractivity contribution in [1.82, 2.24) is 52.8 Å². The number of aliphatic hydroxyl groups is 3. The Morgan fingerprint density at radius 1 is 0.541 bits per heavy atom. The topological polar surface area (TPSA) is 497 Å². The van der Waals surface area contributed by atoms with Crippen molar-refractivity contribution in [2.24, 2.45) is 17.6 Å². The summed E-state index contributed by atoms with van der Waals surface area (Å²) in [5, 5.41) is 91.8. The number of rotatable bonds is 35. The van der Waals surface area contributed by atoms with Crippen molar-refractivity contribution in [1.29, 1.82) is 0 Å². The van der Waals surface area contributed by atoms with Crippen molar-refractivity contribution >= 4 is 94.6 Å². The number of aliphatic hydroxyl groups excluding tert-OH is 3. The number of aromatic hydroxyl groups is 1. The maximum Gasteiger partial charge on any atom is 0.326 e. The van der Waals surface area contributed by atoms with E-state index in [9.17, 15) is 93.3 Å². The van der Waals surface area contributed by atoms with Gasteiger partial charge in [0, 0.05) is 42.1 Å². The quantitative estimate of drug-likeness (QED) is 0.0251. The number of carbonyl (C=O) groups is 12. The fraction of sp³-hybridized carbons (Fsp3) is 0.519. The van der Waals surface area contributed by atoms with Gasteiger partial charge in [-0.2, -0.15) is 12.6 Å². The molecule has 0 aliphatic carbocycles. The lowest BCUT2D eigenvalue weighted by molar-refractivity contribution is -0.142. The number of carbonyl (C=O) groups excluding carboxylic acids is 9. The van der Waals surface area contributed by atoms with Gasteiger partial charge in [-0.3, -0.25) is 52.7 Å². The number of amides is 9. The molecular weight excluding hydrogens is 1140 g/mol. The molecule has 12 atom stereocenters. The van der Waals surface area contributed by atoms with Crippen LogP contribution in [0.15, 0.2) is 54.7 Å². The highest BCUT2D eigenvalue weighted by Crippen LogP contribution is 2.20. The Kier molecular flexibility index (Phi) is 28.2. The van der Waals surface area contributed by atoms with E-state index in [-0.39, 0.29) is 30.8 Å². The Balaban J connectivity index is 1.86. The van der Waals surface area contributed by atoms with Gasteiger partial charge >= 0.3 is 17.9 Å². The summed E-state index contributed by atoms with van der Waals surface area (Å²) < 4.78 is 0. The molecule has 0 bridgehead atoms. The average Bonchev–Trinajstić information content (AvgIpc) is 4.11. The van der Waals surface area contributed by atoms with Gasteiger partial charge in [0.05, 0.1) is 31.3 Å². The van der Waals surface area contributed by atoms with E-state index in [1.54, 1.807) is 38.1 Å². The van der Waals surface area contributed by atoms with E-state index in [1.807, 2.05) is 0 Å². The molecule has 19 N–H and O–H groups in total. The zero-order valence-electron chi connectivity index (χ0n) is 47.5. The molecule has 468 valence electrons. The number of aliphatic carboxylic acids is 3. The first kappa shape index (κ1) is 70.9. The smallest absolute Gasteiger partial charge is 0.326 e. The summed E-state index contributed by atoms with van der Waals surface area (Å²) in [6.07, 6.45) is -5.14. The number of thiol groups is 1. The molecule has 0 aliphatic heterocycles. The zero-order valence-corrected chi connectivity index (χ0v) is 48.4. The second kappa shape index (κ2) is 33.8. The summed E-state index contributed by atoms with van der Waals surface area (Å²) in [5.41, 5.74) is 7.28. The Bertz CT molecular complexity index is 2850. The number of aromatic amines is 1. The highest BCUT2D eigenvalue weighted by atomic mass is 32.1. The molecule has 0 spiro atoms. The van der Waals surface area contributed by atoms with E-state index in [2.05, 4.69) is 65.5 Å². The second-order valence-corrected chi connectivity index (χ2v) is 21.3. The third-order valence-corrected chi connectivity index (χ3v) is 13.5. The Morgan fingerprint density at radius 2 is 1.01 bits per heavy atom. The zero-order chi connectivity index (χ0) is 64.0. The predicted octanol–water partition coefficient (Wildman–Crippen LogP) is -3.84. The molecule has 0 radical (unpaired) electrons. The molecule has 1 aromatic heterocycles. The van der Waals surface area contributed by atoms with Crippen molar-refractivity contribution < 1.29 is 93.3 Å². The number of hydrogen-bond acceptors (Lipinski definition) is 18. The van der Waals surface area contributed by atoms with E-state index in [0.717, 1.165) is 6.92 Å². The third-order valence-electron chi connectivity index (χ3n) is 13.1. The van der Waals surface area contributed by atoms with Crippen LogP contribution < -0.4 is 53.6 Å². The number of benzene rings is 2. The summed E-state index contributed by atoms with van der Waals surface area (Å²) in [7, 11) is 0. The van der Waals surface area contributed by atoms with Gasteiger partial charge in [-0.25, -0.2) is 4.79 Å². The molecule has 0 unspecified atom stereocenters. The van der Waals surface area contributed by atoms with Crippen LogP contribution in [0.2, 0.25) is 0 Å². The fourth-order valence-corrected chi connectivity index (χ4v) is 8.58. The van der Waals surface area contributed by atoms with Gasteiger partial charge in [0.15, 0.2) is 0 Å². The molecule has 30 nitrogen and oxygen atoms in total. The molecule has 31 heteroatoms. The minimum Gasteiger partial charge on any atom is -0.508 e. The van der Waals surface area contributed by atoms with Crippen LogP contribution in [0, 0.1) is 11.8 Å². The summed E-state index contributed by atoms with van der Waals surface area (Å²) in [6.45, 7) is 7.34. The highest BCUT2D eigenvalue weighted by molar-refractivity contribution is 7.80. The molecule has 1 heterocycles. The third kappa shape index (κ3) is 22.6. The molecule has 3 rings (SSSR count). The van der Waals surface area contributed by atoms with Crippen molar-refractivity contribution in [3.05, 3.63) is 65.9 Å². The molecule has 0 saturated heterocycles. The first-order valence-corrected chi connectivity index (χ1v) is 27.6. The van der Waals surface area contributed by atoms with Gasteiger partial charge in [-0.15, -0.1) is 0 Å². The molecule has 3 aromatic rings. The number of hydrogen-bond donors (Lipinski definition) is 19. The summed E-state index contributed by atoms with van der Waals surface area (Å²) in [4.78, 5) is 163. The maximum atomic E-state index is 14.2. The number of nitrogens with one attached hydrogen (secondary N) is 10. The van der Waals surface area contributed by atoms with E-state index in [1.165, 1.54) is 51.2 Å². The summed E-state index contributed by atoms with van der Waals surface area (Å²) in [5.74, 6) is -16.2. The predicted molar refractivity (Wildman–Crippen MR) is 305 cm³/mol. The number of carboxylic acid groups (broad SMARTS) is 3. The van der Waals surface area contributed by atoms with Gasteiger partial charge in [0.2, 0.25) is 53.2 Å². The molecule has 2 aromatic carbocycles. The van der Waals surface area contributed by atoms with Crippen LogP contribution in [0.1, 0.15) is 78.4 Å². The molecule has 0 aliphatic rings. The number of phenols is 1. The minimum atomic E-state index is -2.06. The van der Waals surface area contributed by atoms with Crippen LogP contribution >= 0.6 is 12.6 Å². The molecule has 0 saturated carbocycles. The first-order valence-electron chi connectivity index (χ1n) is 26.9. The van der Waals surface area contributed by atoms with Gasteiger partial charge in [-0.05, 0) is 67.9 Å². The Morgan fingerprint density at radius 3 is 1.54 bits per heavy atom. The Labute approximate surface area is 493 Å². The number of nitrogens with two attached hydrogens (primary N) is 1. The van der Waals surface area contributed by atoms with Crippen molar-refractivity contribution in [2.75, 3.05) is 12.4 Å². The lowest BCUT2D eigenvalue weighted by atomic mass is 10.0. The number of phenolic OH excluding ortho intramolecular Hbond substituents is 1. The number of H-pyrrole nitrogens is 1. The number of para-hydroxylation sites is 1. The van der Waals surface area contributed by atoms with Crippen LogP contribution in [0.3, 0.4) is 0 Å². The number of fused-ring (bicyclic) bond motifs is 1. The lowest BCUT2D eigenvalue weighted by Crippen LogP contribution is -2.63. The van der Waals surface area contributed by atoms with E-state index in [0.29, 0.717) is 22.0 Å². The standard InChI is InChI=1S/C54H77N11O19S/c1-24(2)17-35(47(76)57-34(15-16-40(70)71)46(75)62-39(22-66)50(79)63-42(25(3)4)51(80)61-38(54(83)84)18-28-11-13-30(69)14-12-28)58-48(77)37(20-41(72)73)60-53(82)44(27(6)68)65-49(78)36(19-29-21-56-33-10-8-7-9-31(29)33)59-52(81)43(26(5)67)64-45(74)32(55)23-85/h7-14,21,24-27,32,34-39,42-44,56,66-69,85H,15-20,22-23,55H2,1-6H3,(H,57,76)(H,58,77)(H,59,81)(H,60,82)(H,61,80)(H,62,75)(H,63,79)(H,64,74)(H,65,78)(H,70,71)(H,72,73)(H,83,84)/t26-,27-,32+,34+,35+,36+,37+,38+,39+,42+,43+,44+/m1/s1. The van der Waals surface area contributed by atoms with Crippen LogP contribution in [0.5, 0.6) is 5.75 Å². The first-order chi connectivity index (χ1) is 39.9. The van der Waals surface area contributed by atoms with E-state index >= 15 is 0 Å². The van der Waals surface area contributed by atoms with Crippen LogP contribution in [-0.2, 0) is 70.4 Å². The van der Waals surface area contributed by atoms with Gasteiger partial charge in [-0.1, -0.05) is 58.0 Å². The van der Waals surface area contributed by atoms with Gasteiger partial charge < -0.3 is 94.3 Å². The fourth-order valence-electron chi connectivity index (χ4n) is 8.41. The molecule has 0 fully saturated rings.